The number of aryl methyl sites for hydroxylation is 1. The van der Waals surface area contributed by atoms with E-state index in [1.807, 2.05) is 5.32 Å². The van der Waals surface area contributed by atoms with Crippen LogP contribution in [0, 0.1) is 18.6 Å². The number of carboxylic acid groups (broad SMARTS) is 1. The molecule has 3 amide bonds. The fraction of sp³-hybridized carbons (Fsp3) is 0.167. The lowest BCUT2D eigenvalue weighted by Crippen LogP contribution is -2.34. The van der Waals surface area contributed by atoms with Crippen LogP contribution in [0.1, 0.15) is 27.4 Å². The number of carbonyl (C=O) groups is 3. The zero-order valence-corrected chi connectivity index (χ0v) is 14.3. The van der Waals surface area contributed by atoms with E-state index in [1.165, 1.54) is 25.1 Å². The molecule has 1 atom stereocenters. The molecule has 9 heteroatoms. The van der Waals surface area contributed by atoms with Gasteiger partial charge in [0.25, 0.3) is 5.91 Å². The van der Waals surface area contributed by atoms with Crippen molar-refractivity contribution in [3.05, 3.63) is 64.7 Å². The first-order valence-corrected chi connectivity index (χ1v) is 7.82. The van der Waals surface area contributed by atoms with Gasteiger partial charge in [-0.15, -0.1) is 0 Å². The standard InChI is InChI=1S/C18H17F2N3O4/c1-9-5-6-13(20)15(14(9)16(21)24)23-17(25)12(8-22-18(26)27)10-3-2-4-11(19)7-10/h2-7,12,22H,8H2,1H3,(H2,21,24)(H,23,25)(H,26,27). The highest BCUT2D eigenvalue weighted by Gasteiger charge is 2.25. The van der Waals surface area contributed by atoms with E-state index in [0.29, 0.717) is 5.56 Å². The lowest BCUT2D eigenvalue weighted by molar-refractivity contribution is -0.117. The van der Waals surface area contributed by atoms with Crippen molar-refractivity contribution in [3.8, 4) is 0 Å². The largest absolute Gasteiger partial charge is 0.465 e. The number of rotatable bonds is 6. The minimum Gasteiger partial charge on any atom is -0.465 e. The number of primary amides is 1. The lowest BCUT2D eigenvalue weighted by atomic mass is 9.97. The van der Waals surface area contributed by atoms with Gasteiger partial charge >= 0.3 is 6.09 Å². The van der Waals surface area contributed by atoms with Crippen molar-refractivity contribution in [2.24, 2.45) is 5.73 Å². The molecule has 0 heterocycles. The van der Waals surface area contributed by atoms with Crippen molar-refractivity contribution in [3.63, 3.8) is 0 Å². The van der Waals surface area contributed by atoms with Crippen LogP contribution in [0.5, 0.6) is 0 Å². The predicted octanol–water partition coefficient (Wildman–Crippen LogP) is 2.36. The van der Waals surface area contributed by atoms with E-state index in [0.717, 1.165) is 18.2 Å². The molecule has 0 spiro atoms. The summed E-state index contributed by atoms with van der Waals surface area (Å²) in [6, 6.07) is 7.40. The van der Waals surface area contributed by atoms with E-state index in [2.05, 4.69) is 5.32 Å². The molecule has 142 valence electrons. The minimum absolute atomic E-state index is 0.176. The van der Waals surface area contributed by atoms with E-state index in [1.54, 1.807) is 0 Å². The van der Waals surface area contributed by atoms with Crippen molar-refractivity contribution in [1.29, 1.82) is 0 Å². The summed E-state index contributed by atoms with van der Waals surface area (Å²) in [5.74, 6) is -4.45. The fourth-order valence-electron chi connectivity index (χ4n) is 2.61. The highest BCUT2D eigenvalue weighted by atomic mass is 19.1. The summed E-state index contributed by atoms with van der Waals surface area (Å²) >= 11 is 0. The highest BCUT2D eigenvalue weighted by molar-refractivity contribution is 6.05. The number of nitrogens with one attached hydrogen (secondary N) is 2. The summed E-state index contributed by atoms with van der Waals surface area (Å²) < 4.78 is 27.7. The molecule has 0 aromatic heterocycles. The summed E-state index contributed by atoms with van der Waals surface area (Å²) in [5.41, 5.74) is 5.18. The second-order valence-corrected chi connectivity index (χ2v) is 5.76. The highest BCUT2D eigenvalue weighted by Crippen LogP contribution is 2.26. The molecule has 7 nitrogen and oxygen atoms in total. The Hall–Kier alpha value is -3.49. The molecule has 0 aliphatic carbocycles. The SMILES string of the molecule is Cc1ccc(F)c(NC(=O)C(CNC(=O)O)c2cccc(F)c2)c1C(N)=O. The van der Waals surface area contributed by atoms with Crippen molar-refractivity contribution in [1.82, 2.24) is 5.32 Å². The van der Waals surface area contributed by atoms with Gasteiger partial charge in [0.2, 0.25) is 5.91 Å². The lowest BCUT2D eigenvalue weighted by Gasteiger charge is -2.19. The Balaban J connectivity index is 2.41. The molecular weight excluding hydrogens is 360 g/mol. The smallest absolute Gasteiger partial charge is 0.404 e. The first-order valence-electron chi connectivity index (χ1n) is 7.82. The number of halogens is 2. The number of nitrogens with two attached hydrogens (primary N) is 1. The van der Waals surface area contributed by atoms with Crippen LogP contribution >= 0.6 is 0 Å². The zero-order valence-electron chi connectivity index (χ0n) is 14.3. The van der Waals surface area contributed by atoms with Crippen LogP contribution in [0.4, 0.5) is 19.3 Å². The Kier molecular flexibility index (Phi) is 6.07. The molecule has 5 N–H and O–H groups in total. The van der Waals surface area contributed by atoms with E-state index < -0.39 is 41.1 Å². The third kappa shape index (κ3) is 4.78. The fourth-order valence-corrected chi connectivity index (χ4v) is 2.61. The summed E-state index contributed by atoms with van der Waals surface area (Å²) in [6.07, 6.45) is -1.39. The van der Waals surface area contributed by atoms with Crippen LogP contribution in [-0.4, -0.2) is 29.6 Å². The molecule has 2 rings (SSSR count). The molecule has 27 heavy (non-hydrogen) atoms. The average molecular weight is 377 g/mol. The number of carbonyl (C=O) groups excluding carboxylic acids is 2. The molecule has 1 unspecified atom stereocenters. The predicted molar refractivity (Wildman–Crippen MR) is 93.5 cm³/mol. The third-order valence-electron chi connectivity index (χ3n) is 3.88. The summed E-state index contributed by atoms with van der Waals surface area (Å²) in [4.78, 5) is 35.1. The van der Waals surface area contributed by atoms with Crippen LogP contribution in [-0.2, 0) is 4.79 Å². The molecule has 0 bridgehead atoms. The Morgan fingerprint density at radius 1 is 1.19 bits per heavy atom. The summed E-state index contributed by atoms with van der Waals surface area (Å²) in [6.45, 7) is 1.13. The van der Waals surface area contributed by atoms with Crippen molar-refractivity contribution in [2.75, 3.05) is 11.9 Å². The first-order chi connectivity index (χ1) is 12.7. The van der Waals surface area contributed by atoms with E-state index in [9.17, 15) is 23.2 Å². The van der Waals surface area contributed by atoms with Crippen LogP contribution in [0.3, 0.4) is 0 Å². The Morgan fingerprint density at radius 2 is 1.89 bits per heavy atom. The molecule has 0 fully saturated rings. The normalized spacial score (nSPS) is 11.5. The van der Waals surface area contributed by atoms with Crippen LogP contribution in [0.2, 0.25) is 0 Å². The molecule has 0 aliphatic rings. The number of benzene rings is 2. The number of anilines is 1. The molecule has 0 radical (unpaired) electrons. The second-order valence-electron chi connectivity index (χ2n) is 5.76. The molecule has 0 saturated heterocycles. The number of amides is 3. The molecule has 0 saturated carbocycles. The van der Waals surface area contributed by atoms with Gasteiger partial charge in [-0.05, 0) is 36.2 Å². The maximum absolute atomic E-state index is 14.2. The number of hydrogen-bond donors (Lipinski definition) is 4. The minimum atomic E-state index is -1.39. The van der Waals surface area contributed by atoms with E-state index >= 15 is 0 Å². The quantitative estimate of drug-likeness (QED) is 0.617. The Labute approximate surface area is 153 Å². The average Bonchev–Trinajstić information content (AvgIpc) is 2.58. The zero-order chi connectivity index (χ0) is 20.1. The number of hydrogen-bond acceptors (Lipinski definition) is 3. The van der Waals surface area contributed by atoms with Crippen LogP contribution in [0.25, 0.3) is 0 Å². The van der Waals surface area contributed by atoms with Crippen LogP contribution < -0.4 is 16.4 Å². The van der Waals surface area contributed by atoms with Gasteiger partial charge in [0, 0.05) is 6.54 Å². The van der Waals surface area contributed by atoms with E-state index in [-0.39, 0.29) is 17.7 Å². The van der Waals surface area contributed by atoms with Gasteiger partial charge in [-0.1, -0.05) is 18.2 Å². The summed E-state index contributed by atoms with van der Waals surface area (Å²) in [5, 5.41) is 13.1. The van der Waals surface area contributed by atoms with Gasteiger partial charge in [0.05, 0.1) is 17.2 Å². The topological polar surface area (TPSA) is 122 Å². The second kappa shape index (κ2) is 8.26. The molecule has 0 aliphatic heterocycles. The van der Waals surface area contributed by atoms with Crippen molar-refractivity contribution in [2.45, 2.75) is 12.8 Å². The Morgan fingerprint density at radius 3 is 2.48 bits per heavy atom. The van der Waals surface area contributed by atoms with E-state index in [4.69, 9.17) is 10.8 Å². The van der Waals surface area contributed by atoms with Gasteiger partial charge in [0.15, 0.2) is 0 Å². The van der Waals surface area contributed by atoms with Gasteiger partial charge in [-0.25, -0.2) is 13.6 Å². The van der Waals surface area contributed by atoms with Crippen LogP contribution in [0.15, 0.2) is 36.4 Å². The molecule has 2 aromatic carbocycles. The maximum atomic E-state index is 14.2. The monoisotopic (exact) mass is 377 g/mol. The van der Waals surface area contributed by atoms with Crippen molar-refractivity contribution >= 4 is 23.6 Å². The van der Waals surface area contributed by atoms with Gasteiger partial charge in [-0.3, -0.25) is 9.59 Å². The third-order valence-corrected chi connectivity index (χ3v) is 3.88. The van der Waals surface area contributed by atoms with Gasteiger partial charge in [-0.2, -0.15) is 0 Å². The molecule has 2 aromatic rings. The summed E-state index contributed by atoms with van der Waals surface area (Å²) in [7, 11) is 0. The van der Waals surface area contributed by atoms with Gasteiger partial charge in [0.1, 0.15) is 11.6 Å². The molecular formula is C18H17F2N3O4. The van der Waals surface area contributed by atoms with Crippen molar-refractivity contribution < 1.29 is 28.3 Å². The van der Waals surface area contributed by atoms with Gasteiger partial charge < -0.3 is 21.5 Å². The Bertz CT molecular complexity index is 902. The first kappa shape index (κ1) is 19.8. The maximum Gasteiger partial charge on any atom is 0.404 e.